The molecule has 0 fully saturated rings. The minimum atomic E-state index is -0.0820. The van der Waals surface area contributed by atoms with Crippen LogP contribution in [0.5, 0.6) is 11.5 Å². The zero-order valence-corrected chi connectivity index (χ0v) is 13.9. The van der Waals surface area contributed by atoms with Crippen molar-refractivity contribution >= 4 is 0 Å². The molecule has 0 aromatic heterocycles. The molecule has 0 saturated heterocycles. The second-order valence-electron chi connectivity index (χ2n) is 6.23. The van der Waals surface area contributed by atoms with Crippen molar-refractivity contribution in [1.29, 1.82) is 0 Å². The highest BCUT2D eigenvalue weighted by atomic mass is 16.5. The van der Waals surface area contributed by atoms with Gasteiger partial charge in [0.25, 0.3) is 0 Å². The van der Waals surface area contributed by atoms with Gasteiger partial charge in [-0.15, -0.1) is 0 Å². The number of nitrogens with one attached hydrogen (secondary N) is 1. The number of methoxy groups -OCH3 is 1. The zero-order valence-electron chi connectivity index (χ0n) is 13.9. The van der Waals surface area contributed by atoms with Crippen LogP contribution in [0.2, 0.25) is 0 Å². The van der Waals surface area contributed by atoms with Crippen LogP contribution in [-0.2, 0) is 0 Å². The van der Waals surface area contributed by atoms with Gasteiger partial charge in [-0.2, -0.15) is 0 Å². The van der Waals surface area contributed by atoms with Crippen molar-refractivity contribution in [2.24, 2.45) is 0 Å². The highest BCUT2D eigenvalue weighted by molar-refractivity contribution is 5.44. The molecular weight excluding hydrogens is 262 g/mol. The van der Waals surface area contributed by atoms with Gasteiger partial charge in [0, 0.05) is 24.1 Å². The molecule has 2 rings (SSSR count). The number of hydrogen-bond donors (Lipinski definition) is 1. The van der Waals surface area contributed by atoms with E-state index >= 15 is 0 Å². The van der Waals surface area contributed by atoms with E-state index in [0.717, 1.165) is 30.9 Å². The van der Waals surface area contributed by atoms with Gasteiger partial charge >= 0.3 is 0 Å². The Morgan fingerprint density at radius 3 is 2.81 bits per heavy atom. The van der Waals surface area contributed by atoms with Crippen LogP contribution >= 0.6 is 0 Å². The second kappa shape index (κ2) is 7.17. The van der Waals surface area contributed by atoms with E-state index in [1.165, 1.54) is 24.8 Å². The lowest BCUT2D eigenvalue weighted by atomic mass is 9.85. The molecule has 2 atom stereocenters. The molecule has 1 aromatic carbocycles. The van der Waals surface area contributed by atoms with E-state index in [1.807, 2.05) is 12.1 Å². The number of rotatable bonds is 7. The minimum Gasteiger partial charge on any atom is -0.497 e. The van der Waals surface area contributed by atoms with Crippen molar-refractivity contribution in [1.82, 2.24) is 5.32 Å². The first-order valence-electron chi connectivity index (χ1n) is 8.22. The molecule has 2 unspecified atom stereocenters. The predicted molar refractivity (Wildman–Crippen MR) is 87.2 cm³/mol. The second-order valence-corrected chi connectivity index (χ2v) is 6.23. The molecule has 0 aliphatic carbocycles. The Hall–Kier alpha value is -1.22. The normalized spacial score (nSPS) is 24.3. The van der Waals surface area contributed by atoms with Crippen LogP contribution in [-0.4, -0.2) is 19.3 Å². The molecule has 1 N–H and O–H groups in total. The summed E-state index contributed by atoms with van der Waals surface area (Å²) < 4.78 is 11.7. The van der Waals surface area contributed by atoms with Crippen LogP contribution in [0.3, 0.4) is 0 Å². The third kappa shape index (κ3) is 3.91. The van der Waals surface area contributed by atoms with Crippen molar-refractivity contribution in [2.75, 3.05) is 13.7 Å². The number of unbranched alkanes of at least 4 members (excludes halogenated alkanes) is 2. The molecule has 1 aromatic rings. The summed E-state index contributed by atoms with van der Waals surface area (Å²) >= 11 is 0. The monoisotopic (exact) mass is 291 g/mol. The topological polar surface area (TPSA) is 30.5 Å². The van der Waals surface area contributed by atoms with Crippen molar-refractivity contribution in [2.45, 2.75) is 64.5 Å². The summed E-state index contributed by atoms with van der Waals surface area (Å²) in [5.41, 5.74) is 1.17. The summed E-state index contributed by atoms with van der Waals surface area (Å²) in [5, 5.41) is 3.60. The van der Waals surface area contributed by atoms with Gasteiger partial charge in [-0.05, 0) is 32.4 Å². The van der Waals surface area contributed by atoms with Gasteiger partial charge < -0.3 is 14.8 Å². The lowest BCUT2D eigenvalue weighted by Gasteiger charge is -2.40. The minimum absolute atomic E-state index is 0.0820. The van der Waals surface area contributed by atoms with Crippen molar-refractivity contribution in [3.63, 3.8) is 0 Å². The standard InChI is InChI=1S/C18H29NO2/c1-5-7-8-11-18(3)13-16(19-6-2)15-10-9-14(20-4)12-17(15)21-18/h9-10,12,16,19H,5-8,11,13H2,1-4H3. The van der Waals surface area contributed by atoms with Crippen LogP contribution in [0.25, 0.3) is 0 Å². The van der Waals surface area contributed by atoms with E-state index in [2.05, 4.69) is 32.2 Å². The number of hydrogen-bond acceptors (Lipinski definition) is 3. The quantitative estimate of drug-likeness (QED) is 0.752. The average molecular weight is 291 g/mol. The van der Waals surface area contributed by atoms with Crippen LogP contribution in [0.4, 0.5) is 0 Å². The molecule has 3 nitrogen and oxygen atoms in total. The lowest BCUT2D eigenvalue weighted by Crippen LogP contribution is -2.41. The first-order chi connectivity index (χ1) is 10.1. The first kappa shape index (κ1) is 16.2. The molecule has 0 amide bonds. The highest BCUT2D eigenvalue weighted by Crippen LogP contribution is 2.43. The molecule has 0 saturated carbocycles. The number of fused-ring (bicyclic) bond motifs is 1. The maximum Gasteiger partial charge on any atom is 0.128 e. The van der Waals surface area contributed by atoms with E-state index < -0.39 is 0 Å². The zero-order chi connectivity index (χ0) is 15.3. The summed E-state index contributed by atoms with van der Waals surface area (Å²) in [5.74, 6) is 1.84. The summed E-state index contributed by atoms with van der Waals surface area (Å²) in [6, 6.07) is 6.55. The van der Waals surface area contributed by atoms with Crippen molar-refractivity contribution in [3.8, 4) is 11.5 Å². The average Bonchev–Trinajstić information content (AvgIpc) is 2.47. The Kier molecular flexibility index (Phi) is 5.51. The van der Waals surface area contributed by atoms with Crippen LogP contribution in [0.15, 0.2) is 18.2 Å². The Morgan fingerprint density at radius 1 is 1.33 bits per heavy atom. The van der Waals surface area contributed by atoms with Crippen molar-refractivity contribution < 1.29 is 9.47 Å². The Bertz CT molecular complexity index is 461. The van der Waals surface area contributed by atoms with E-state index in [1.54, 1.807) is 7.11 Å². The van der Waals surface area contributed by atoms with E-state index in [4.69, 9.17) is 9.47 Å². The Morgan fingerprint density at radius 2 is 2.14 bits per heavy atom. The third-order valence-corrected chi connectivity index (χ3v) is 4.35. The highest BCUT2D eigenvalue weighted by Gasteiger charge is 2.36. The molecule has 21 heavy (non-hydrogen) atoms. The van der Waals surface area contributed by atoms with Crippen LogP contribution in [0.1, 0.15) is 64.5 Å². The van der Waals surface area contributed by atoms with Gasteiger partial charge in [0.15, 0.2) is 0 Å². The summed E-state index contributed by atoms with van der Waals surface area (Å²) in [6.45, 7) is 7.62. The summed E-state index contributed by atoms with van der Waals surface area (Å²) in [7, 11) is 1.70. The van der Waals surface area contributed by atoms with E-state index in [0.29, 0.717) is 6.04 Å². The molecule has 1 heterocycles. The Labute approximate surface area is 129 Å². The molecule has 3 heteroatoms. The van der Waals surface area contributed by atoms with E-state index in [9.17, 15) is 0 Å². The Balaban J connectivity index is 2.22. The fourth-order valence-corrected chi connectivity index (χ4v) is 3.20. The number of benzene rings is 1. The fourth-order valence-electron chi connectivity index (χ4n) is 3.20. The molecule has 118 valence electrons. The van der Waals surface area contributed by atoms with Gasteiger partial charge in [-0.3, -0.25) is 0 Å². The predicted octanol–water partition coefficient (Wildman–Crippen LogP) is 4.47. The maximum absolute atomic E-state index is 6.37. The van der Waals surface area contributed by atoms with Crippen LogP contribution in [0, 0.1) is 0 Å². The summed E-state index contributed by atoms with van der Waals surface area (Å²) in [4.78, 5) is 0. The molecule has 0 spiro atoms. The lowest BCUT2D eigenvalue weighted by molar-refractivity contribution is 0.0374. The molecular formula is C18H29NO2. The molecule has 0 bridgehead atoms. The fraction of sp³-hybridized carbons (Fsp3) is 0.667. The SMILES string of the molecule is CCCCCC1(C)CC(NCC)c2ccc(OC)cc2O1. The molecule has 0 radical (unpaired) electrons. The largest absolute Gasteiger partial charge is 0.497 e. The first-order valence-corrected chi connectivity index (χ1v) is 8.22. The van der Waals surface area contributed by atoms with E-state index in [-0.39, 0.29) is 5.60 Å². The van der Waals surface area contributed by atoms with Gasteiger partial charge in [0.1, 0.15) is 17.1 Å². The number of ether oxygens (including phenoxy) is 2. The van der Waals surface area contributed by atoms with Gasteiger partial charge in [-0.1, -0.05) is 32.8 Å². The maximum atomic E-state index is 6.37. The summed E-state index contributed by atoms with van der Waals surface area (Å²) in [6.07, 6.45) is 5.89. The van der Waals surface area contributed by atoms with Crippen molar-refractivity contribution in [3.05, 3.63) is 23.8 Å². The molecule has 1 aliphatic rings. The van der Waals surface area contributed by atoms with Gasteiger partial charge in [-0.25, -0.2) is 0 Å². The van der Waals surface area contributed by atoms with Crippen LogP contribution < -0.4 is 14.8 Å². The smallest absolute Gasteiger partial charge is 0.128 e. The van der Waals surface area contributed by atoms with Gasteiger partial charge in [0.2, 0.25) is 0 Å². The molecule has 1 aliphatic heterocycles. The van der Waals surface area contributed by atoms with Gasteiger partial charge in [0.05, 0.1) is 7.11 Å². The third-order valence-electron chi connectivity index (χ3n) is 4.35.